The largest absolute Gasteiger partial charge is 0.391 e. The van der Waals surface area contributed by atoms with E-state index in [1.165, 1.54) is 58.5 Å². The molecule has 0 amide bonds. The van der Waals surface area contributed by atoms with Crippen molar-refractivity contribution in [3.05, 3.63) is 12.3 Å². The van der Waals surface area contributed by atoms with Crippen molar-refractivity contribution in [2.75, 3.05) is 20.8 Å². The number of hydrogen-bond acceptors (Lipinski definition) is 14. The summed E-state index contributed by atoms with van der Waals surface area (Å²) in [6.45, 7) is 35.4. The van der Waals surface area contributed by atoms with Gasteiger partial charge in [0.05, 0.1) is 30.5 Å². The third kappa shape index (κ3) is 34.9. The predicted octanol–water partition coefficient (Wildman–Crippen LogP) is 7.85. The Hall–Kier alpha value is -0.980. The number of nitrogens with one attached hydrogen (secondary N) is 1. The maximum Gasteiger partial charge on any atom is 0.186 e. The molecule has 14 atom stereocenters. The van der Waals surface area contributed by atoms with Gasteiger partial charge in [-0.3, -0.25) is 0 Å². The van der Waals surface area contributed by atoms with Gasteiger partial charge < -0.3 is 70.2 Å². The van der Waals surface area contributed by atoms with Crippen molar-refractivity contribution in [3.63, 3.8) is 0 Å². The lowest BCUT2D eigenvalue weighted by Gasteiger charge is -2.45. The van der Waals surface area contributed by atoms with E-state index in [1.807, 2.05) is 62.3 Å². The molecule has 2 aliphatic rings. The quantitative estimate of drug-likeness (QED) is 0.0665. The van der Waals surface area contributed by atoms with E-state index in [4.69, 9.17) is 18.9 Å². The van der Waals surface area contributed by atoms with Crippen LogP contribution in [0.2, 0.25) is 0 Å². The van der Waals surface area contributed by atoms with Crippen LogP contribution < -0.4 is 5.32 Å². The molecular formula is C51H111NO13. The van der Waals surface area contributed by atoms with E-state index in [1.54, 1.807) is 21.0 Å². The van der Waals surface area contributed by atoms with Crippen LogP contribution in [-0.4, -0.2) is 146 Å². The molecule has 0 spiro atoms. The third-order valence-electron chi connectivity index (χ3n) is 10.2. The second kappa shape index (κ2) is 39.8. The van der Waals surface area contributed by atoms with Crippen molar-refractivity contribution in [1.82, 2.24) is 5.32 Å². The van der Waals surface area contributed by atoms with Crippen LogP contribution in [0.3, 0.4) is 0 Å². The third-order valence-corrected chi connectivity index (χ3v) is 10.2. The van der Waals surface area contributed by atoms with Gasteiger partial charge in [0.25, 0.3) is 0 Å². The molecule has 0 saturated carbocycles. The Bertz CT molecular complexity index is 1050. The summed E-state index contributed by atoms with van der Waals surface area (Å²) in [5, 5.41) is 90.1. The number of ether oxygens (including phenoxy) is 4. The van der Waals surface area contributed by atoms with E-state index in [0.29, 0.717) is 19.3 Å². The molecule has 14 unspecified atom stereocenters. The van der Waals surface area contributed by atoms with Crippen LogP contribution >= 0.6 is 0 Å². The van der Waals surface area contributed by atoms with Gasteiger partial charge in [-0.2, -0.15) is 0 Å². The van der Waals surface area contributed by atoms with Crippen LogP contribution in [-0.2, 0) is 18.9 Å². The first-order valence-electron chi connectivity index (χ1n) is 24.4. The Kier molecular flexibility index (Phi) is 44.7. The highest BCUT2D eigenvalue weighted by molar-refractivity contribution is 4.93. The molecule has 14 heteroatoms. The summed E-state index contributed by atoms with van der Waals surface area (Å²) >= 11 is 0. The number of methoxy groups -OCH3 is 2. The van der Waals surface area contributed by atoms with E-state index >= 15 is 0 Å². The Morgan fingerprint density at radius 3 is 1.48 bits per heavy atom. The van der Waals surface area contributed by atoms with E-state index in [0.717, 1.165) is 6.54 Å². The fourth-order valence-corrected chi connectivity index (χ4v) is 6.22. The van der Waals surface area contributed by atoms with E-state index in [-0.39, 0.29) is 29.6 Å². The summed E-state index contributed by atoms with van der Waals surface area (Å²) in [6, 6.07) is 0. The monoisotopic (exact) mass is 946 g/mol. The highest BCUT2D eigenvalue weighted by atomic mass is 16.7. The molecule has 398 valence electrons. The first kappa shape index (κ1) is 73.0. The van der Waals surface area contributed by atoms with Crippen LogP contribution in [0.1, 0.15) is 196 Å². The van der Waals surface area contributed by atoms with Crippen molar-refractivity contribution in [2.45, 2.75) is 275 Å². The highest BCUT2D eigenvalue weighted by Crippen LogP contribution is 2.35. The molecule has 2 saturated heterocycles. The van der Waals surface area contributed by atoms with Crippen molar-refractivity contribution < 1.29 is 64.9 Å². The first-order chi connectivity index (χ1) is 29.5. The molecule has 0 aromatic heterocycles. The minimum absolute atomic E-state index is 0. The molecule has 2 aliphatic heterocycles. The van der Waals surface area contributed by atoms with Gasteiger partial charge in [-0.15, -0.1) is 0 Å². The molecule has 2 heterocycles. The molecule has 0 aromatic rings. The van der Waals surface area contributed by atoms with Crippen LogP contribution in [0.25, 0.3) is 0 Å². The van der Waals surface area contributed by atoms with Crippen molar-refractivity contribution in [2.24, 2.45) is 22.2 Å². The Morgan fingerprint density at radius 1 is 0.600 bits per heavy atom. The van der Waals surface area contributed by atoms with Crippen molar-refractivity contribution in [3.8, 4) is 0 Å². The van der Waals surface area contributed by atoms with Crippen LogP contribution in [0.15, 0.2) is 12.3 Å². The van der Waals surface area contributed by atoms with Gasteiger partial charge in [-0.05, 0) is 61.0 Å². The Morgan fingerprint density at radius 2 is 1.09 bits per heavy atom. The van der Waals surface area contributed by atoms with Gasteiger partial charge in [-0.25, -0.2) is 0 Å². The zero-order valence-corrected chi connectivity index (χ0v) is 44.4. The molecule has 0 aliphatic carbocycles. The highest BCUT2D eigenvalue weighted by Gasteiger charge is 2.47. The fraction of sp³-hybridized carbons (Fsp3) is 0.961. The lowest BCUT2D eigenvalue weighted by molar-refractivity contribution is -0.293. The lowest BCUT2D eigenvalue weighted by atomic mass is 9.79. The second-order valence-electron chi connectivity index (χ2n) is 20.7. The molecule has 65 heavy (non-hydrogen) atoms. The summed E-state index contributed by atoms with van der Waals surface area (Å²) in [4.78, 5) is 0. The van der Waals surface area contributed by atoms with Gasteiger partial charge in [0.15, 0.2) is 12.6 Å². The zero-order valence-electron chi connectivity index (χ0n) is 44.4. The topological polar surface area (TPSA) is 231 Å². The van der Waals surface area contributed by atoms with E-state index < -0.39 is 79.7 Å². The SMILES string of the molecule is C.CCC.CCC(O)C(O)C(O)C(O)CC(C)(C)C.CCCC.CCCCCC=CNCCC.COC1OC(C(C)(C)C)C(O)C(O)C1C.COC1OC(CC(C)(C)C)C(O)C(O)C1O. The normalized spacial score (nSPS) is 27.4. The molecule has 0 aromatic carbocycles. The summed E-state index contributed by atoms with van der Waals surface area (Å²) in [6.07, 6.45) is 3.92. The average Bonchev–Trinajstić information content (AvgIpc) is 3.21. The molecule has 2 fully saturated rings. The Balaban J connectivity index is -0.000000235. The minimum Gasteiger partial charge on any atom is -0.391 e. The van der Waals surface area contributed by atoms with Crippen molar-refractivity contribution in [1.29, 1.82) is 0 Å². The van der Waals surface area contributed by atoms with Gasteiger partial charge in [0.1, 0.15) is 36.6 Å². The van der Waals surface area contributed by atoms with Crippen LogP contribution in [0, 0.1) is 22.2 Å². The summed E-state index contributed by atoms with van der Waals surface area (Å²) < 4.78 is 21.2. The summed E-state index contributed by atoms with van der Waals surface area (Å²) in [7, 11) is 2.94. The van der Waals surface area contributed by atoms with Gasteiger partial charge in [0.2, 0.25) is 0 Å². The number of rotatable bonds is 16. The Labute approximate surface area is 399 Å². The molecule has 0 radical (unpaired) electrons. The average molecular weight is 946 g/mol. The molecular weight excluding hydrogens is 835 g/mol. The molecule has 14 nitrogen and oxygen atoms in total. The molecule has 0 bridgehead atoms. The van der Waals surface area contributed by atoms with E-state index in [2.05, 4.69) is 59.1 Å². The maximum absolute atomic E-state index is 9.93. The molecule has 2 rings (SSSR count). The van der Waals surface area contributed by atoms with Crippen LogP contribution in [0.5, 0.6) is 0 Å². The van der Waals surface area contributed by atoms with Gasteiger partial charge in [-0.1, -0.05) is 163 Å². The number of aliphatic hydroxyl groups excluding tert-OH is 9. The second-order valence-corrected chi connectivity index (χ2v) is 20.7. The van der Waals surface area contributed by atoms with Crippen LogP contribution in [0.4, 0.5) is 0 Å². The summed E-state index contributed by atoms with van der Waals surface area (Å²) in [5.74, 6) is -0.219. The molecule has 10 N–H and O–H groups in total. The number of allylic oxidation sites excluding steroid dienone is 1. The van der Waals surface area contributed by atoms with Gasteiger partial charge >= 0.3 is 0 Å². The zero-order chi connectivity index (χ0) is 51.0. The number of aliphatic hydroxyl groups is 9. The maximum atomic E-state index is 9.93. The standard InChI is InChI=1S/C11H22O5.C11H22O4.C11H24O4.C10H21N.C4H10.C3H8.CH4/c1-11(2,3)5-6-7(12)8(13)9(14)10(15-4)16-6;1-6-7(12)8(13)9(11(2,3)4)15-10(6)14-5;1-5-7(12)9(14)10(15)8(13)6-11(2,3)4;1-3-5-6-7-8-10-11-9-4-2;1-3-4-2;1-3-2;/h6-10,12-14H,5H2,1-4H3;6-10,12-13H,1-5H3;7-10,12-15H,5-6H2,1-4H3;8,10-11H,3-7,9H2,1-2H3;3-4H2,1-2H3;3H2,1-2H3;1H4. The van der Waals surface area contributed by atoms with E-state index in [9.17, 15) is 46.0 Å². The predicted molar refractivity (Wildman–Crippen MR) is 267 cm³/mol. The fourth-order valence-electron chi connectivity index (χ4n) is 6.22. The van der Waals surface area contributed by atoms with Gasteiger partial charge in [0, 0.05) is 26.7 Å². The number of hydrogen-bond donors (Lipinski definition) is 10. The summed E-state index contributed by atoms with van der Waals surface area (Å²) in [5.41, 5.74) is -0.388. The lowest BCUT2D eigenvalue weighted by Crippen LogP contribution is -2.58. The number of unbranched alkanes of at least 4 members (excludes halogenated alkanes) is 4. The minimum atomic E-state index is -1.29. The van der Waals surface area contributed by atoms with Crippen molar-refractivity contribution >= 4 is 0 Å². The smallest absolute Gasteiger partial charge is 0.186 e. The first-order valence-corrected chi connectivity index (χ1v) is 24.4.